The van der Waals surface area contributed by atoms with Gasteiger partial charge in [-0.2, -0.15) is 0 Å². The van der Waals surface area contributed by atoms with Crippen molar-refractivity contribution in [1.82, 2.24) is 40.6 Å². The van der Waals surface area contributed by atoms with Crippen LogP contribution in [0.2, 0.25) is 0 Å². The molecule has 270 valence electrons. The number of nitrogens with two attached hydrogens (primary N) is 1. The molecule has 3 heterocycles. The number of aromatic nitrogens is 2. The first kappa shape index (κ1) is 38.0. The van der Waals surface area contributed by atoms with Crippen molar-refractivity contribution in [3.63, 3.8) is 0 Å². The Morgan fingerprint density at radius 3 is 2.34 bits per heavy atom. The van der Waals surface area contributed by atoms with Gasteiger partial charge in [-0.25, -0.2) is 4.98 Å². The third kappa shape index (κ3) is 9.65. The van der Waals surface area contributed by atoms with Gasteiger partial charge in [0.2, 0.25) is 29.5 Å². The Hall–Kier alpha value is -4.83. The fourth-order valence-corrected chi connectivity index (χ4v) is 6.65. The molecule has 0 spiro atoms. The van der Waals surface area contributed by atoms with E-state index in [1.54, 1.807) is 11.6 Å². The highest BCUT2D eigenvalue weighted by atomic mass is 32.1. The van der Waals surface area contributed by atoms with Crippen LogP contribution in [0.3, 0.4) is 0 Å². The molecule has 2 bridgehead atoms. The molecule has 0 fully saturated rings. The minimum atomic E-state index is -1.07. The largest absolute Gasteiger partial charge is 0.361 e. The Morgan fingerprint density at radius 2 is 1.64 bits per heavy atom. The minimum Gasteiger partial charge on any atom is -0.361 e. The van der Waals surface area contributed by atoms with E-state index in [2.05, 4.69) is 25.9 Å². The van der Waals surface area contributed by atoms with Gasteiger partial charge in [-0.15, -0.1) is 11.3 Å². The zero-order chi connectivity index (χ0) is 36.7. The van der Waals surface area contributed by atoms with Gasteiger partial charge in [0.15, 0.2) is 0 Å². The number of carbonyl (C=O) groups excluding carboxylic acids is 6. The van der Waals surface area contributed by atoms with Crippen molar-refractivity contribution in [3.8, 4) is 0 Å². The standard InChI is InChI=1S/C34H47N9O6S/c1-19(2)13-25-31-40-27(18-50-31)30(46)39-26(14-22-15-36-24-10-8-7-9-23(22)24)34(49)42(6)16-28(44)37-21(4)33(48)41(5)11-12-43(17-29(45)38-25)32(47)20(3)35/h7-10,15,18-21,25-26,36H,11-14,16-17,35H2,1-6H3,(H,37,44)(H,38,45)(H,39,46)/t20-,21-,25-,26+/m0/s1. The maximum atomic E-state index is 13.9. The lowest BCUT2D eigenvalue weighted by molar-refractivity contribution is -0.139. The van der Waals surface area contributed by atoms with Crippen LogP contribution < -0.4 is 21.7 Å². The molecule has 6 amide bonds. The molecule has 15 nitrogen and oxygen atoms in total. The van der Waals surface area contributed by atoms with Crippen LogP contribution in [-0.4, -0.2) is 119 Å². The molecule has 4 rings (SSSR count). The predicted octanol–water partition coefficient (Wildman–Crippen LogP) is 0.780. The van der Waals surface area contributed by atoms with Crippen LogP contribution in [0.15, 0.2) is 35.8 Å². The summed E-state index contributed by atoms with van der Waals surface area (Å²) in [7, 11) is 2.98. The molecule has 1 aromatic carbocycles. The number of H-pyrrole nitrogens is 1. The summed E-state index contributed by atoms with van der Waals surface area (Å²) in [4.78, 5) is 91.7. The Bertz CT molecular complexity index is 1720. The van der Waals surface area contributed by atoms with Crippen LogP contribution in [-0.2, 0) is 30.4 Å². The molecule has 4 atom stereocenters. The first-order valence-electron chi connectivity index (χ1n) is 16.6. The summed E-state index contributed by atoms with van der Waals surface area (Å²) in [6.07, 6.45) is 2.41. The second kappa shape index (κ2) is 16.7. The zero-order valence-corrected chi connectivity index (χ0v) is 30.1. The number of amides is 6. The molecule has 1 aliphatic heterocycles. The Kier molecular flexibility index (Phi) is 12.7. The van der Waals surface area contributed by atoms with E-state index in [0.29, 0.717) is 11.4 Å². The van der Waals surface area contributed by atoms with E-state index in [1.807, 2.05) is 38.1 Å². The fourth-order valence-electron chi connectivity index (χ4n) is 5.79. The van der Waals surface area contributed by atoms with Crippen molar-refractivity contribution < 1.29 is 28.8 Å². The van der Waals surface area contributed by atoms with Crippen molar-refractivity contribution >= 4 is 57.7 Å². The quantitative estimate of drug-likeness (QED) is 0.256. The highest BCUT2D eigenvalue weighted by Gasteiger charge is 2.30. The Labute approximate surface area is 295 Å². The number of aromatic amines is 1. The van der Waals surface area contributed by atoms with E-state index in [0.717, 1.165) is 16.5 Å². The topological polar surface area (TPSA) is 203 Å². The van der Waals surface area contributed by atoms with E-state index in [4.69, 9.17) is 5.73 Å². The lowest BCUT2D eigenvalue weighted by Crippen LogP contribution is -2.53. The predicted molar refractivity (Wildman–Crippen MR) is 189 cm³/mol. The van der Waals surface area contributed by atoms with Gasteiger partial charge < -0.3 is 41.4 Å². The molecule has 2 aromatic heterocycles. The third-order valence-electron chi connectivity index (χ3n) is 8.42. The van der Waals surface area contributed by atoms with Crippen molar-refractivity contribution in [1.29, 1.82) is 0 Å². The molecule has 0 aliphatic carbocycles. The van der Waals surface area contributed by atoms with Gasteiger partial charge in [0.05, 0.1) is 25.2 Å². The summed E-state index contributed by atoms with van der Waals surface area (Å²) in [6, 6.07) is 4.11. The summed E-state index contributed by atoms with van der Waals surface area (Å²) in [5.74, 6) is -2.91. The summed E-state index contributed by atoms with van der Waals surface area (Å²) < 4.78 is 0. The summed E-state index contributed by atoms with van der Waals surface area (Å²) >= 11 is 1.20. The van der Waals surface area contributed by atoms with Gasteiger partial charge in [-0.1, -0.05) is 32.0 Å². The first-order valence-corrected chi connectivity index (χ1v) is 17.5. The second-order valence-electron chi connectivity index (χ2n) is 13.2. The summed E-state index contributed by atoms with van der Waals surface area (Å²) in [6.45, 7) is 6.41. The lowest BCUT2D eigenvalue weighted by Gasteiger charge is -2.29. The smallest absolute Gasteiger partial charge is 0.271 e. The van der Waals surface area contributed by atoms with Crippen molar-refractivity contribution in [2.24, 2.45) is 11.7 Å². The number of likely N-dealkylation sites (N-methyl/N-ethyl adjacent to an activating group) is 2. The molecule has 6 N–H and O–H groups in total. The lowest BCUT2D eigenvalue weighted by atomic mass is 10.0. The summed E-state index contributed by atoms with van der Waals surface area (Å²) in [5, 5.41) is 11.4. The van der Waals surface area contributed by atoms with Crippen LogP contribution in [0.1, 0.15) is 61.2 Å². The zero-order valence-electron chi connectivity index (χ0n) is 29.3. The van der Waals surface area contributed by atoms with E-state index >= 15 is 0 Å². The number of benzene rings is 1. The van der Waals surface area contributed by atoms with Crippen LogP contribution in [0, 0.1) is 5.92 Å². The van der Waals surface area contributed by atoms with E-state index in [1.165, 1.54) is 54.0 Å². The first-order chi connectivity index (χ1) is 23.6. The molecular formula is C34H47N9O6S. The maximum Gasteiger partial charge on any atom is 0.271 e. The number of para-hydroxylation sites is 1. The molecule has 0 saturated carbocycles. The number of nitrogens with one attached hydrogen (secondary N) is 4. The maximum absolute atomic E-state index is 13.9. The van der Waals surface area contributed by atoms with Gasteiger partial charge in [0, 0.05) is 56.1 Å². The van der Waals surface area contributed by atoms with E-state index in [-0.39, 0.29) is 44.2 Å². The molecule has 0 saturated heterocycles. The number of hydrogen-bond acceptors (Lipinski definition) is 9. The van der Waals surface area contributed by atoms with Gasteiger partial charge >= 0.3 is 0 Å². The molecule has 1 aliphatic rings. The van der Waals surface area contributed by atoms with Crippen LogP contribution in [0.4, 0.5) is 0 Å². The average Bonchev–Trinajstić information content (AvgIpc) is 3.72. The molecule has 3 aromatic rings. The SMILES string of the molecule is CC(C)C[C@@H]1NC(=O)CN(C(=O)[C@H](C)N)CCN(C)C(=O)[C@H](C)NC(=O)CN(C)C(=O)[C@@H](Cc2c[nH]c3ccccc23)NC(=O)c2csc1n2. The number of fused-ring (bicyclic) bond motifs is 3. The monoisotopic (exact) mass is 709 g/mol. The Morgan fingerprint density at radius 1 is 0.940 bits per heavy atom. The second-order valence-corrected chi connectivity index (χ2v) is 14.1. The normalized spacial score (nSPS) is 21.5. The van der Waals surface area contributed by atoms with Crippen molar-refractivity contribution in [2.45, 2.75) is 64.7 Å². The molecule has 0 radical (unpaired) electrons. The average molecular weight is 710 g/mol. The number of hydrogen-bond donors (Lipinski definition) is 5. The number of thiazole rings is 1. The number of carbonyl (C=O) groups is 6. The molecule has 16 heteroatoms. The van der Waals surface area contributed by atoms with Gasteiger partial charge in [-0.05, 0) is 37.8 Å². The molecule has 0 unspecified atom stereocenters. The van der Waals surface area contributed by atoms with E-state index in [9.17, 15) is 28.8 Å². The Balaban J connectivity index is 1.68. The highest BCUT2D eigenvalue weighted by molar-refractivity contribution is 7.09. The van der Waals surface area contributed by atoms with Gasteiger partial charge in [0.1, 0.15) is 22.8 Å². The summed E-state index contributed by atoms with van der Waals surface area (Å²) in [5.41, 5.74) is 7.61. The van der Waals surface area contributed by atoms with Crippen molar-refractivity contribution in [2.75, 3.05) is 40.3 Å². The van der Waals surface area contributed by atoms with Crippen LogP contribution in [0.5, 0.6) is 0 Å². The van der Waals surface area contributed by atoms with Gasteiger partial charge in [-0.3, -0.25) is 28.8 Å². The van der Waals surface area contributed by atoms with Crippen LogP contribution in [0.25, 0.3) is 10.9 Å². The fraction of sp³-hybridized carbons (Fsp3) is 0.500. The van der Waals surface area contributed by atoms with Gasteiger partial charge in [0.25, 0.3) is 5.91 Å². The molecule has 50 heavy (non-hydrogen) atoms. The number of rotatable bonds is 5. The minimum absolute atomic E-state index is 0.0160. The third-order valence-corrected chi connectivity index (χ3v) is 9.38. The van der Waals surface area contributed by atoms with Crippen LogP contribution >= 0.6 is 11.3 Å². The number of nitrogens with zero attached hydrogens (tertiary/aromatic N) is 4. The van der Waals surface area contributed by atoms with Crippen molar-refractivity contribution in [3.05, 3.63) is 52.1 Å². The van der Waals surface area contributed by atoms with E-state index < -0.39 is 59.6 Å². The molecular weight excluding hydrogens is 662 g/mol. The highest BCUT2D eigenvalue weighted by Crippen LogP contribution is 2.25.